The van der Waals surface area contributed by atoms with Crippen LogP contribution in [0.1, 0.15) is 82.1 Å². The number of fused-ring (bicyclic) bond motifs is 4. The predicted molar refractivity (Wildman–Crippen MR) is 130 cm³/mol. The molecule has 7 nitrogen and oxygen atoms in total. The molecule has 7 heteroatoms. The Morgan fingerprint density at radius 2 is 1.79 bits per heavy atom. The second-order valence-electron chi connectivity index (χ2n) is 10.1. The molecule has 1 aliphatic carbocycles. The molecule has 3 aliphatic rings. The summed E-state index contributed by atoms with van der Waals surface area (Å²) >= 11 is 0. The van der Waals surface area contributed by atoms with Gasteiger partial charge in [-0.25, -0.2) is 4.58 Å². The van der Waals surface area contributed by atoms with Crippen LogP contribution in [0.2, 0.25) is 0 Å². The Morgan fingerprint density at radius 1 is 1.06 bits per heavy atom. The molecule has 0 saturated heterocycles. The second-order valence-corrected chi connectivity index (χ2v) is 10.1. The van der Waals surface area contributed by atoms with Crippen LogP contribution < -0.4 is 10.6 Å². The summed E-state index contributed by atoms with van der Waals surface area (Å²) in [7, 11) is 0. The van der Waals surface area contributed by atoms with Crippen LogP contribution in [-0.4, -0.2) is 52.8 Å². The number of carbonyl (C=O) groups is 3. The molecule has 1 fully saturated rings. The molecule has 2 aliphatic heterocycles. The van der Waals surface area contributed by atoms with Crippen molar-refractivity contribution < 1.29 is 24.1 Å². The monoisotopic (exact) mass is 468 g/mol. The van der Waals surface area contributed by atoms with Crippen LogP contribution in [0.25, 0.3) is 0 Å². The van der Waals surface area contributed by atoms with E-state index < -0.39 is 17.9 Å². The average molecular weight is 469 g/mol. The summed E-state index contributed by atoms with van der Waals surface area (Å²) < 4.78 is 2.30. The molecule has 1 unspecified atom stereocenters. The highest BCUT2D eigenvalue weighted by atomic mass is 16.4. The van der Waals surface area contributed by atoms with Gasteiger partial charge in [0.1, 0.15) is 12.6 Å². The fourth-order valence-corrected chi connectivity index (χ4v) is 5.88. The molecule has 0 spiro atoms. The molecule has 1 aromatic rings. The highest BCUT2D eigenvalue weighted by molar-refractivity contribution is 5.90. The Morgan fingerprint density at radius 3 is 2.59 bits per heavy atom. The van der Waals surface area contributed by atoms with Crippen molar-refractivity contribution in [3.8, 4) is 0 Å². The number of carboxylic acid groups (broad SMARTS) is 1. The number of para-hydroxylation sites is 1. The van der Waals surface area contributed by atoms with Gasteiger partial charge in [0, 0.05) is 24.6 Å². The lowest BCUT2D eigenvalue weighted by Gasteiger charge is -2.30. The van der Waals surface area contributed by atoms with Crippen LogP contribution >= 0.6 is 0 Å². The third-order valence-electron chi connectivity index (χ3n) is 7.70. The Labute approximate surface area is 202 Å². The van der Waals surface area contributed by atoms with E-state index in [4.69, 9.17) is 0 Å². The summed E-state index contributed by atoms with van der Waals surface area (Å²) in [6.07, 6.45) is 11.6. The quantitative estimate of drug-likeness (QED) is 0.574. The number of amides is 2. The molecule has 184 valence electrons. The maximum absolute atomic E-state index is 13.4. The SMILES string of the molecule is O=C(O)C[C@@H](C(=O)N[C@H]1CC2C=[N+](CCCCCCNC1=O)c1ccccc12)C1CCCCC1. The number of benzene rings is 1. The Hall–Kier alpha value is -2.70. The van der Waals surface area contributed by atoms with Gasteiger partial charge in [0.2, 0.25) is 17.5 Å². The van der Waals surface area contributed by atoms with Crippen molar-refractivity contribution in [1.29, 1.82) is 0 Å². The van der Waals surface area contributed by atoms with Crippen molar-refractivity contribution in [3.05, 3.63) is 29.8 Å². The number of hydrogen-bond acceptors (Lipinski definition) is 3. The first-order chi connectivity index (χ1) is 16.5. The number of carboxylic acids is 1. The molecule has 4 rings (SSSR count). The van der Waals surface area contributed by atoms with E-state index in [2.05, 4.69) is 33.6 Å². The maximum atomic E-state index is 13.4. The van der Waals surface area contributed by atoms with E-state index in [1.165, 1.54) is 11.3 Å². The van der Waals surface area contributed by atoms with Gasteiger partial charge in [-0.05, 0) is 38.0 Å². The molecular weight excluding hydrogens is 430 g/mol. The van der Waals surface area contributed by atoms with Gasteiger partial charge in [-0.1, -0.05) is 43.9 Å². The van der Waals surface area contributed by atoms with Crippen LogP contribution in [0.4, 0.5) is 5.69 Å². The smallest absolute Gasteiger partial charge is 0.304 e. The molecular formula is C27H38N3O4+. The number of hydrogen-bond donors (Lipinski definition) is 3. The van der Waals surface area contributed by atoms with Gasteiger partial charge in [0.05, 0.1) is 18.3 Å². The van der Waals surface area contributed by atoms with E-state index in [-0.39, 0.29) is 30.1 Å². The number of rotatable bonds is 5. The molecule has 34 heavy (non-hydrogen) atoms. The summed E-state index contributed by atoms with van der Waals surface area (Å²) in [6, 6.07) is 7.59. The summed E-state index contributed by atoms with van der Waals surface area (Å²) in [4.78, 5) is 38.2. The van der Waals surface area contributed by atoms with E-state index in [0.29, 0.717) is 13.0 Å². The molecule has 2 amide bonds. The Bertz CT molecular complexity index is 922. The molecule has 2 bridgehead atoms. The first kappa shape index (κ1) is 24.4. The summed E-state index contributed by atoms with van der Waals surface area (Å²) in [5, 5.41) is 15.5. The van der Waals surface area contributed by atoms with E-state index >= 15 is 0 Å². The summed E-state index contributed by atoms with van der Waals surface area (Å²) in [5.41, 5.74) is 2.36. The molecule has 1 saturated carbocycles. The minimum absolute atomic E-state index is 0.0283. The van der Waals surface area contributed by atoms with Crippen molar-refractivity contribution in [3.63, 3.8) is 0 Å². The highest BCUT2D eigenvalue weighted by Gasteiger charge is 2.37. The second kappa shape index (κ2) is 11.6. The zero-order chi connectivity index (χ0) is 23.9. The van der Waals surface area contributed by atoms with Crippen LogP contribution in [0.3, 0.4) is 0 Å². The van der Waals surface area contributed by atoms with Crippen LogP contribution in [0, 0.1) is 11.8 Å². The van der Waals surface area contributed by atoms with Gasteiger partial charge in [-0.2, -0.15) is 0 Å². The van der Waals surface area contributed by atoms with Gasteiger partial charge >= 0.3 is 5.97 Å². The first-order valence-electron chi connectivity index (χ1n) is 13.0. The Kier molecular flexibility index (Phi) is 8.35. The number of nitrogens with zero attached hydrogens (tertiary/aromatic N) is 1. The van der Waals surface area contributed by atoms with Gasteiger partial charge < -0.3 is 15.7 Å². The predicted octanol–water partition coefficient (Wildman–Crippen LogP) is 3.73. The van der Waals surface area contributed by atoms with Crippen LogP contribution in [-0.2, 0) is 14.4 Å². The topological polar surface area (TPSA) is 98.5 Å². The zero-order valence-electron chi connectivity index (χ0n) is 20.0. The third kappa shape index (κ3) is 6.05. The lowest BCUT2D eigenvalue weighted by molar-refractivity contribution is -0.433. The van der Waals surface area contributed by atoms with Gasteiger partial charge in [-0.15, -0.1) is 0 Å². The number of nitrogens with one attached hydrogen (secondary N) is 2. The van der Waals surface area contributed by atoms with Crippen molar-refractivity contribution in [2.24, 2.45) is 11.8 Å². The fourth-order valence-electron chi connectivity index (χ4n) is 5.88. The van der Waals surface area contributed by atoms with Gasteiger partial charge in [0.25, 0.3) is 0 Å². The summed E-state index contributed by atoms with van der Waals surface area (Å²) in [6.45, 7) is 1.55. The molecule has 0 radical (unpaired) electrons. The lowest BCUT2D eigenvalue weighted by Crippen LogP contribution is -2.50. The molecule has 3 atom stereocenters. The largest absolute Gasteiger partial charge is 0.481 e. The Balaban J connectivity index is 1.55. The third-order valence-corrected chi connectivity index (χ3v) is 7.70. The number of carbonyl (C=O) groups excluding carboxylic acids is 2. The van der Waals surface area contributed by atoms with E-state index in [1.807, 2.05) is 12.1 Å². The van der Waals surface area contributed by atoms with Crippen molar-refractivity contribution in [1.82, 2.24) is 10.6 Å². The fraction of sp³-hybridized carbons (Fsp3) is 0.630. The average Bonchev–Trinajstić information content (AvgIpc) is 3.19. The summed E-state index contributed by atoms with van der Waals surface area (Å²) in [5.74, 6) is -1.92. The van der Waals surface area contributed by atoms with Crippen LogP contribution in [0.15, 0.2) is 24.3 Å². The van der Waals surface area contributed by atoms with E-state index in [9.17, 15) is 19.5 Å². The maximum Gasteiger partial charge on any atom is 0.304 e. The first-order valence-corrected chi connectivity index (χ1v) is 13.0. The zero-order valence-corrected chi connectivity index (χ0v) is 20.0. The molecule has 3 N–H and O–H groups in total. The minimum Gasteiger partial charge on any atom is -0.481 e. The minimum atomic E-state index is -0.959. The lowest BCUT2D eigenvalue weighted by atomic mass is 9.78. The molecule has 2 heterocycles. The van der Waals surface area contributed by atoms with Gasteiger partial charge in [-0.3, -0.25) is 14.4 Å². The van der Waals surface area contributed by atoms with Crippen molar-refractivity contribution in [2.45, 2.75) is 82.6 Å². The van der Waals surface area contributed by atoms with Crippen molar-refractivity contribution >= 4 is 29.7 Å². The molecule has 1 aromatic carbocycles. The standard InChI is InChI=1S/C27H37N3O4/c31-25(32)17-22(19-10-4-3-5-11-19)26(33)29-23-16-20-18-30(24-13-7-6-12-21(20)24)15-9-2-1-8-14-28-27(23)34/h6-7,12-13,18-20,22-23H,1-5,8-11,14-17H2,(H2-,28,29,31,32,33,34)/p+1/t20?,22-,23+/m1/s1. The van der Waals surface area contributed by atoms with Gasteiger partial charge in [0.15, 0.2) is 6.21 Å². The van der Waals surface area contributed by atoms with Crippen molar-refractivity contribution in [2.75, 3.05) is 13.1 Å². The highest BCUT2D eigenvalue weighted by Crippen LogP contribution is 2.35. The normalized spacial score (nSPS) is 24.9. The van der Waals surface area contributed by atoms with Crippen LogP contribution in [0.5, 0.6) is 0 Å². The van der Waals surface area contributed by atoms with E-state index in [1.54, 1.807) is 0 Å². The molecule has 0 aromatic heterocycles. The van der Waals surface area contributed by atoms with E-state index in [0.717, 1.165) is 64.3 Å². The number of aliphatic carboxylic acids is 1.